The van der Waals surface area contributed by atoms with E-state index in [9.17, 15) is 15.3 Å². The van der Waals surface area contributed by atoms with Crippen molar-refractivity contribution < 1.29 is 19.7 Å². The maximum absolute atomic E-state index is 11.2. The quantitative estimate of drug-likeness (QED) is 0.163. The third kappa shape index (κ3) is 5.03. The number of aromatic hydroxyl groups is 3. The largest absolute Gasteiger partial charge is 0.508 e. The fraction of sp³-hybridized carbons (Fsp3) is 0.0217. The molecule has 0 aliphatic carbocycles. The molecule has 0 radical (unpaired) electrons. The van der Waals surface area contributed by atoms with E-state index in [1.54, 1.807) is 12.1 Å². The highest BCUT2D eigenvalue weighted by atomic mass is 16.3. The summed E-state index contributed by atoms with van der Waals surface area (Å²) >= 11 is 0. The molecule has 0 aliphatic heterocycles. The first-order valence-electron chi connectivity index (χ1n) is 17.5. The minimum Gasteiger partial charge on any atom is -0.508 e. The number of aryl methyl sites for hydroxylation is 1. The highest BCUT2D eigenvalue weighted by Gasteiger charge is 2.21. The molecule has 0 fully saturated rings. The maximum Gasteiger partial charge on any atom is 0.164 e. The number of phenols is 3. The molecule has 0 bridgehead atoms. The molecule has 8 heteroatoms. The molecular weight excluding hydrogens is 673 g/mol. The molecule has 0 amide bonds. The zero-order chi connectivity index (χ0) is 36.5. The number of aromatic nitrogens is 4. The van der Waals surface area contributed by atoms with Crippen LogP contribution in [0.2, 0.25) is 0 Å². The van der Waals surface area contributed by atoms with Gasteiger partial charge in [-0.2, -0.15) is 0 Å². The predicted molar refractivity (Wildman–Crippen MR) is 213 cm³/mol. The van der Waals surface area contributed by atoms with E-state index in [4.69, 9.17) is 19.4 Å². The summed E-state index contributed by atoms with van der Waals surface area (Å²) < 4.78 is 8.25. The Bertz CT molecular complexity index is 2970. The molecule has 8 nitrogen and oxygen atoms in total. The van der Waals surface area contributed by atoms with Crippen LogP contribution in [-0.4, -0.2) is 34.8 Å². The fourth-order valence-electron chi connectivity index (χ4n) is 7.56. The third-order valence-electron chi connectivity index (χ3n) is 9.92. The van der Waals surface area contributed by atoms with Gasteiger partial charge in [-0.3, -0.25) is 0 Å². The Morgan fingerprint density at radius 2 is 1.09 bits per heavy atom. The summed E-state index contributed by atoms with van der Waals surface area (Å²) in [5.74, 6) is 1.62. The van der Waals surface area contributed by atoms with Gasteiger partial charge in [0.25, 0.3) is 0 Å². The number of hydrogen-bond acceptors (Lipinski definition) is 7. The predicted octanol–water partition coefficient (Wildman–Crippen LogP) is 11.0. The van der Waals surface area contributed by atoms with Crippen molar-refractivity contribution in [2.75, 3.05) is 0 Å². The van der Waals surface area contributed by atoms with E-state index in [0.29, 0.717) is 39.5 Å². The number of furan rings is 1. The summed E-state index contributed by atoms with van der Waals surface area (Å²) in [5, 5.41) is 35.9. The fourth-order valence-corrected chi connectivity index (χ4v) is 7.56. The van der Waals surface area contributed by atoms with Gasteiger partial charge in [0.1, 0.15) is 28.4 Å². The lowest BCUT2D eigenvalue weighted by Crippen LogP contribution is -2.00. The van der Waals surface area contributed by atoms with Crippen molar-refractivity contribution in [1.82, 2.24) is 19.5 Å². The van der Waals surface area contributed by atoms with Gasteiger partial charge in [0.2, 0.25) is 0 Å². The van der Waals surface area contributed by atoms with Crippen LogP contribution in [0.15, 0.2) is 150 Å². The second-order valence-corrected chi connectivity index (χ2v) is 13.5. The number of fused-ring (bicyclic) bond motifs is 6. The molecule has 10 aromatic rings. The van der Waals surface area contributed by atoms with E-state index in [1.165, 1.54) is 6.07 Å². The Labute approximate surface area is 308 Å². The minimum atomic E-state index is -0.0911. The van der Waals surface area contributed by atoms with Crippen LogP contribution in [0.3, 0.4) is 0 Å². The van der Waals surface area contributed by atoms with Crippen LogP contribution in [0, 0.1) is 6.92 Å². The normalized spacial score (nSPS) is 11.6. The molecule has 0 unspecified atom stereocenters. The van der Waals surface area contributed by atoms with Crippen molar-refractivity contribution in [1.29, 1.82) is 0 Å². The lowest BCUT2D eigenvalue weighted by molar-refractivity contribution is 0.454. The average Bonchev–Trinajstić information content (AvgIpc) is 3.74. The number of rotatable bonds is 5. The van der Waals surface area contributed by atoms with Crippen LogP contribution in [0.25, 0.3) is 94.7 Å². The van der Waals surface area contributed by atoms with Crippen LogP contribution >= 0.6 is 0 Å². The Morgan fingerprint density at radius 1 is 0.481 bits per heavy atom. The van der Waals surface area contributed by atoms with Gasteiger partial charge in [0, 0.05) is 50.0 Å². The molecule has 0 aliphatic rings. The number of phenolic OH excluding ortho intramolecular Hbond substituents is 3. The van der Waals surface area contributed by atoms with Crippen molar-refractivity contribution in [3.63, 3.8) is 0 Å². The molecule has 0 spiro atoms. The van der Waals surface area contributed by atoms with Gasteiger partial charge in [-0.05, 0) is 72.1 Å². The third-order valence-corrected chi connectivity index (χ3v) is 9.92. The lowest BCUT2D eigenvalue weighted by Gasteiger charge is -2.12. The molecule has 0 atom stereocenters. The van der Waals surface area contributed by atoms with Gasteiger partial charge in [0.05, 0.1) is 11.0 Å². The molecule has 7 aromatic carbocycles. The Hall–Kier alpha value is -7.45. The summed E-state index contributed by atoms with van der Waals surface area (Å²) in [5.41, 5.74) is 8.52. The van der Waals surface area contributed by atoms with E-state index in [1.807, 2.05) is 133 Å². The summed E-state index contributed by atoms with van der Waals surface area (Å²) in [4.78, 5) is 14.9. The topological polar surface area (TPSA) is 117 Å². The summed E-state index contributed by atoms with van der Waals surface area (Å²) in [6, 6.07) is 46.4. The molecule has 3 heterocycles. The second-order valence-electron chi connectivity index (χ2n) is 13.5. The van der Waals surface area contributed by atoms with Crippen molar-refractivity contribution >= 4 is 43.7 Å². The van der Waals surface area contributed by atoms with E-state index in [0.717, 1.165) is 60.8 Å². The van der Waals surface area contributed by atoms with E-state index in [2.05, 4.69) is 6.07 Å². The van der Waals surface area contributed by atoms with Gasteiger partial charge in [0.15, 0.2) is 17.5 Å². The van der Waals surface area contributed by atoms with Crippen molar-refractivity contribution in [3.8, 4) is 68.2 Å². The molecule has 10 rings (SSSR count). The van der Waals surface area contributed by atoms with Gasteiger partial charge >= 0.3 is 0 Å². The summed E-state index contributed by atoms with van der Waals surface area (Å²) in [6.07, 6.45) is 0. The van der Waals surface area contributed by atoms with Crippen LogP contribution in [-0.2, 0) is 0 Å². The Morgan fingerprint density at radius 3 is 1.81 bits per heavy atom. The van der Waals surface area contributed by atoms with Crippen molar-refractivity contribution in [2.45, 2.75) is 6.92 Å². The first kappa shape index (κ1) is 31.3. The smallest absolute Gasteiger partial charge is 0.164 e. The molecule has 54 heavy (non-hydrogen) atoms. The highest BCUT2D eigenvalue weighted by molar-refractivity contribution is 6.14. The summed E-state index contributed by atoms with van der Waals surface area (Å²) in [6.45, 7) is 1.90. The molecule has 258 valence electrons. The van der Waals surface area contributed by atoms with Crippen molar-refractivity contribution in [3.05, 3.63) is 151 Å². The minimum absolute atomic E-state index is 0.0569. The molecule has 3 N–H and O–H groups in total. The average molecular weight is 703 g/mol. The van der Waals surface area contributed by atoms with Gasteiger partial charge < -0.3 is 24.3 Å². The van der Waals surface area contributed by atoms with E-state index < -0.39 is 0 Å². The maximum atomic E-state index is 11.2. The Kier molecular flexibility index (Phi) is 6.99. The zero-order valence-corrected chi connectivity index (χ0v) is 28.9. The van der Waals surface area contributed by atoms with E-state index in [-0.39, 0.29) is 17.2 Å². The van der Waals surface area contributed by atoms with Crippen LogP contribution < -0.4 is 0 Å². The molecule has 0 saturated carbocycles. The molecule has 0 saturated heterocycles. The zero-order valence-electron chi connectivity index (χ0n) is 28.9. The van der Waals surface area contributed by atoms with Crippen LogP contribution in [0.4, 0.5) is 0 Å². The SMILES string of the molecule is Cc1cc(O)c2c(c1)c1cc(O)cc(O)c1n2-c1cccc(-c2ccc3oc4cccc(-c5nc(-c6ccccc6)nc(-c6ccccc6)n5)c4c3c2)c1. The highest BCUT2D eigenvalue weighted by Crippen LogP contribution is 2.44. The van der Waals surface area contributed by atoms with E-state index >= 15 is 0 Å². The lowest BCUT2D eigenvalue weighted by atomic mass is 10.00. The number of hydrogen-bond donors (Lipinski definition) is 3. The monoisotopic (exact) mass is 702 g/mol. The standard InChI is InChI=1S/C46H30N4O4/c1-26-20-34-35-24-32(51)25-38(53)43(35)50(42(34)37(52)21-26)31-15-8-14-29(22-31)30-18-19-39-36(23-30)41-33(16-9-17-40(41)54-39)46-48-44(27-10-4-2-5-11-27)47-45(49-46)28-12-6-3-7-13-28/h2-25,51-53H,1H3. The van der Waals surface area contributed by atoms with Gasteiger partial charge in [-0.1, -0.05) is 91.0 Å². The number of benzene rings is 7. The molecule has 3 aromatic heterocycles. The van der Waals surface area contributed by atoms with Crippen LogP contribution in [0.5, 0.6) is 17.2 Å². The van der Waals surface area contributed by atoms with Gasteiger partial charge in [-0.25, -0.2) is 15.0 Å². The number of nitrogens with zero attached hydrogens (tertiary/aromatic N) is 4. The summed E-state index contributed by atoms with van der Waals surface area (Å²) in [7, 11) is 0. The van der Waals surface area contributed by atoms with Crippen LogP contribution in [0.1, 0.15) is 5.56 Å². The second kappa shape index (κ2) is 12.1. The molecular formula is C46H30N4O4. The van der Waals surface area contributed by atoms with Crippen molar-refractivity contribution in [2.24, 2.45) is 0 Å². The first-order valence-corrected chi connectivity index (χ1v) is 17.5. The first-order chi connectivity index (χ1) is 26.4. The Balaban J connectivity index is 1.16. The van der Waals surface area contributed by atoms with Gasteiger partial charge in [-0.15, -0.1) is 0 Å².